The third-order valence-corrected chi connectivity index (χ3v) is 4.92. The van der Waals surface area contributed by atoms with Gasteiger partial charge in [0, 0.05) is 10.9 Å². The summed E-state index contributed by atoms with van der Waals surface area (Å²) in [6.45, 7) is 2.17. The minimum absolute atomic E-state index is 0.0114. The highest BCUT2D eigenvalue weighted by atomic mass is 19.1. The Morgan fingerprint density at radius 1 is 1.03 bits per heavy atom. The molecule has 4 rings (SSSR count). The average molecular weight is 389 g/mol. The molecule has 2 aromatic heterocycles. The standard InChI is InChI=1S/C24H20FNO3/c1-2-3-4-15-5-7-16(8-6-15)22-11-12-23(29-22)21-14-19(24(27)28)18-13-17(25)9-10-20(18)26-21/h5-14H,2-4H2,1H3,(H,27,28). The van der Waals surface area contributed by atoms with Crippen molar-refractivity contribution < 1.29 is 18.7 Å². The Morgan fingerprint density at radius 2 is 1.79 bits per heavy atom. The molecule has 4 aromatic rings. The lowest BCUT2D eigenvalue weighted by atomic mass is 10.1. The monoisotopic (exact) mass is 389 g/mol. The van der Waals surface area contributed by atoms with Crippen LogP contribution < -0.4 is 0 Å². The zero-order valence-corrected chi connectivity index (χ0v) is 16.0. The molecule has 5 heteroatoms. The summed E-state index contributed by atoms with van der Waals surface area (Å²) in [6.07, 6.45) is 3.38. The van der Waals surface area contributed by atoms with E-state index in [9.17, 15) is 14.3 Å². The van der Waals surface area contributed by atoms with Crippen molar-refractivity contribution in [3.8, 4) is 22.8 Å². The molecule has 0 saturated heterocycles. The van der Waals surface area contributed by atoms with Gasteiger partial charge in [-0.25, -0.2) is 14.2 Å². The largest absolute Gasteiger partial charge is 0.478 e. The van der Waals surface area contributed by atoms with E-state index in [0.717, 1.165) is 24.8 Å². The Labute approximate surface area is 167 Å². The summed E-state index contributed by atoms with van der Waals surface area (Å²) in [4.78, 5) is 16.1. The smallest absolute Gasteiger partial charge is 0.336 e. The number of furan rings is 1. The van der Waals surface area contributed by atoms with Crippen molar-refractivity contribution in [1.29, 1.82) is 0 Å². The number of carboxylic acids is 1. The molecule has 0 spiro atoms. The van der Waals surface area contributed by atoms with Crippen LogP contribution in [0.4, 0.5) is 4.39 Å². The summed E-state index contributed by atoms with van der Waals surface area (Å²) in [7, 11) is 0. The summed E-state index contributed by atoms with van der Waals surface area (Å²) in [5.41, 5.74) is 3.02. The zero-order valence-electron chi connectivity index (χ0n) is 16.0. The Kier molecular flexibility index (Phi) is 5.12. The fraction of sp³-hybridized carbons (Fsp3) is 0.167. The first-order valence-corrected chi connectivity index (χ1v) is 9.58. The Hall–Kier alpha value is -3.47. The molecule has 29 heavy (non-hydrogen) atoms. The fourth-order valence-corrected chi connectivity index (χ4v) is 3.35. The van der Waals surface area contributed by atoms with Gasteiger partial charge in [-0.1, -0.05) is 37.6 Å². The van der Waals surface area contributed by atoms with Crippen molar-refractivity contribution in [1.82, 2.24) is 4.98 Å². The molecule has 0 saturated carbocycles. The maximum atomic E-state index is 13.6. The van der Waals surface area contributed by atoms with Crippen molar-refractivity contribution in [2.75, 3.05) is 0 Å². The number of halogens is 1. The van der Waals surface area contributed by atoms with Gasteiger partial charge in [-0.3, -0.25) is 0 Å². The van der Waals surface area contributed by atoms with Crippen LogP contribution in [0.2, 0.25) is 0 Å². The number of aromatic nitrogens is 1. The second-order valence-corrected chi connectivity index (χ2v) is 6.99. The first kappa shape index (κ1) is 18.9. The molecule has 0 unspecified atom stereocenters. The molecular weight excluding hydrogens is 369 g/mol. The number of hydrogen-bond acceptors (Lipinski definition) is 3. The topological polar surface area (TPSA) is 63.3 Å². The number of aromatic carboxylic acids is 1. The van der Waals surface area contributed by atoms with Crippen LogP contribution in [0.1, 0.15) is 35.7 Å². The minimum Gasteiger partial charge on any atom is -0.478 e. The zero-order chi connectivity index (χ0) is 20.4. The van der Waals surface area contributed by atoms with Gasteiger partial charge in [-0.15, -0.1) is 0 Å². The molecule has 146 valence electrons. The Bertz CT molecular complexity index is 1180. The van der Waals surface area contributed by atoms with Crippen LogP contribution in [0.25, 0.3) is 33.7 Å². The van der Waals surface area contributed by atoms with Gasteiger partial charge >= 0.3 is 5.97 Å². The molecule has 4 nitrogen and oxygen atoms in total. The molecule has 0 fully saturated rings. The number of carbonyl (C=O) groups is 1. The van der Waals surface area contributed by atoms with E-state index in [1.165, 1.54) is 29.8 Å². The van der Waals surface area contributed by atoms with Crippen molar-refractivity contribution in [2.24, 2.45) is 0 Å². The number of aryl methyl sites for hydroxylation is 1. The van der Waals surface area contributed by atoms with Gasteiger partial charge in [-0.2, -0.15) is 0 Å². The van der Waals surface area contributed by atoms with E-state index in [1.807, 2.05) is 18.2 Å². The van der Waals surface area contributed by atoms with Crippen LogP contribution in [0.5, 0.6) is 0 Å². The SMILES string of the molecule is CCCCc1ccc(-c2ccc(-c3cc(C(=O)O)c4cc(F)ccc4n3)o2)cc1. The van der Waals surface area contributed by atoms with Gasteiger partial charge in [0.1, 0.15) is 17.3 Å². The molecule has 2 aromatic carbocycles. The lowest BCUT2D eigenvalue weighted by molar-refractivity contribution is 0.0699. The highest BCUT2D eigenvalue weighted by molar-refractivity contribution is 6.03. The number of benzene rings is 2. The summed E-state index contributed by atoms with van der Waals surface area (Å²) in [5.74, 6) is -0.500. The number of pyridine rings is 1. The normalized spacial score (nSPS) is 11.1. The van der Waals surface area contributed by atoms with E-state index in [1.54, 1.807) is 6.07 Å². The first-order valence-electron chi connectivity index (χ1n) is 9.58. The van der Waals surface area contributed by atoms with Crippen LogP contribution in [0.15, 0.2) is 65.1 Å². The fourth-order valence-electron chi connectivity index (χ4n) is 3.35. The van der Waals surface area contributed by atoms with E-state index in [-0.39, 0.29) is 10.9 Å². The summed E-state index contributed by atoms with van der Waals surface area (Å²) in [5, 5.41) is 9.79. The lowest BCUT2D eigenvalue weighted by Gasteiger charge is -2.06. The highest BCUT2D eigenvalue weighted by Gasteiger charge is 2.16. The van der Waals surface area contributed by atoms with Gasteiger partial charge in [0.05, 0.1) is 11.1 Å². The van der Waals surface area contributed by atoms with E-state index < -0.39 is 11.8 Å². The van der Waals surface area contributed by atoms with E-state index >= 15 is 0 Å². The molecule has 0 aliphatic rings. The van der Waals surface area contributed by atoms with Gasteiger partial charge < -0.3 is 9.52 Å². The number of hydrogen-bond donors (Lipinski definition) is 1. The molecule has 0 aliphatic heterocycles. The molecule has 0 amide bonds. The van der Waals surface area contributed by atoms with E-state index in [0.29, 0.717) is 22.7 Å². The summed E-state index contributed by atoms with van der Waals surface area (Å²) in [6, 6.07) is 17.2. The molecular formula is C24H20FNO3. The quantitative estimate of drug-likeness (QED) is 0.418. The second-order valence-electron chi connectivity index (χ2n) is 6.99. The minimum atomic E-state index is -1.14. The molecule has 0 aliphatic carbocycles. The summed E-state index contributed by atoms with van der Waals surface area (Å²) < 4.78 is 19.5. The highest BCUT2D eigenvalue weighted by Crippen LogP contribution is 2.30. The first-order chi connectivity index (χ1) is 14.0. The maximum Gasteiger partial charge on any atom is 0.336 e. The second kappa shape index (κ2) is 7.87. The Balaban J connectivity index is 1.70. The van der Waals surface area contributed by atoms with Crippen molar-refractivity contribution in [3.63, 3.8) is 0 Å². The summed E-state index contributed by atoms with van der Waals surface area (Å²) >= 11 is 0. The van der Waals surface area contributed by atoms with Gasteiger partial charge in [-0.05, 0) is 54.8 Å². The van der Waals surface area contributed by atoms with Crippen LogP contribution in [-0.2, 0) is 6.42 Å². The lowest BCUT2D eigenvalue weighted by Crippen LogP contribution is -2.00. The van der Waals surface area contributed by atoms with Gasteiger partial charge in [0.15, 0.2) is 5.76 Å². The van der Waals surface area contributed by atoms with Crippen LogP contribution in [0.3, 0.4) is 0 Å². The molecule has 0 radical (unpaired) electrons. The predicted molar refractivity (Wildman–Crippen MR) is 110 cm³/mol. The van der Waals surface area contributed by atoms with Gasteiger partial charge in [0.25, 0.3) is 0 Å². The van der Waals surface area contributed by atoms with Crippen molar-refractivity contribution in [3.05, 3.63) is 77.6 Å². The molecule has 2 heterocycles. The predicted octanol–water partition coefficient (Wildman–Crippen LogP) is 6.34. The average Bonchev–Trinajstić information content (AvgIpc) is 3.22. The van der Waals surface area contributed by atoms with Crippen molar-refractivity contribution in [2.45, 2.75) is 26.2 Å². The number of fused-ring (bicyclic) bond motifs is 1. The maximum absolute atomic E-state index is 13.6. The Morgan fingerprint density at radius 3 is 2.52 bits per heavy atom. The van der Waals surface area contributed by atoms with Crippen LogP contribution >= 0.6 is 0 Å². The van der Waals surface area contributed by atoms with E-state index in [4.69, 9.17) is 4.42 Å². The van der Waals surface area contributed by atoms with Gasteiger partial charge in [0.2, 0.25) is 0 Å². The number of rotatable bonds is 6. The van der Waals surface area contributed by atoms with E-state index in [2.05, 4.69) is 24.0 Å². The number of carboxylic acid groups (broad SMARTS) is 1. The number of unbranched alkanes of at least 4 members (excludes halogenated alkanes) is 1. The molecule has 1 N–H and O–H groups in total. The molecule has 0 bridgehead atoms. The third-order valence-electron chi connectivity index (χ3n) is 4.92. The van der Waals surface area contributed by atoms with Crippen LogP contribution in [0, 0.1) is 5.82 Å². The third kappa shape index (κ3) is 3.90. The van der Waals surface area contributed by atoms with Crippen LogP contribution in [-0.4, -0.2) is 16.1 Å². The number of nitrogens with zero attached hydrogens (tertiary/aromatic N) is 1. The van der Waals surface area contributed by atoms with Crippen molar-refractivity contribution >= 4 is 16.9 Å². The molecule has 0 atom stereocenters.